The molecule has 0 spiro atoms. The zero-order valence-electron chi connectivity index (χ0n) is 21.0. The van der Waals surface area contributed by atoms with E-state index in [9.17, 15) is 9.59 Å². The topological polar surface area (TPSA) is 82.8 Å². The maximum atomic E-state index is 13.4. The van der Waals surface area contributed by atoms with E-state index in [1.807, 2.05) is 68.4 Å². The Morgan fingerprint density at radius 3 is 2.42 bits per heavy atom. The molecular weight excluding hydrogens is 478 g/mol. The number of aromatic nitrogens is 2. The molecule has 0 aliphatic carbocycles. The number of aryl methyl sites for hydroxylation is 1. The summed E-state index contributed by atoms with van der Waals surface area (Å²) in [7, 11) is 0. The van der Waals surface area contributed by atoms with Gasteiger partial charge in [-0.3, -0.25) is 4.79 Å². The van der Waals surface area contributed by atoms with Crippen LogP contribution in [-0.2, 0) is 0 Å². The molecule has 0 unspecified atom stereocenters. The molecule has 38 heavy (non-hydrogen) atoms. The van der Waals surface area contributed by atoms with Crippen LogP contribution in [0.15, 0.2) is 107 Å². The van der Waals surface area contributed by atoms with E-state index in [1.54, 1.807) is 48.7 Å². The van der Waals surface area contributed by atoms with Crippen LogP contribution in [0.2, 0.25) is 0 Å². The van der Waals surface area contributed by atoms with E-state index in [1.165, 1.54) is 4.68 Å². The second kappa shape index (κ2) is 10.9. The molecule has 0 N–H and O–H groups in total. The summed E-state index contributed by atoms with van der Waals surface area (Å²) in [6.45, 7) is 4.17. The molecule has 188 valence electrons. The Morgan fingerprint density at radius 1 is 0.921 bits per heavy atom. The molecular formula is C31H25N3O4. The summed E-state index contributed by atoms with van der Waals surface area (Å²) in [5.41, 5.74) is 3.24. The molecule has 0 atom stereocenters. The molecule has 0 radical (unpaired) electrons. The average Bonchev–Trinajstić information content (AvgIpc) is 2.94. The number of fused-ring (bicyclic) bond motifs is 1. The van der Waals surface area contributed by atoms with Crippen LogP contribution in [0, 0.1) is 6.92 Å². The number of benzene rings is 4. The van der Waals surface area contributed by atoms with Crippen molar-refractivity contribution in [2.45, 2.75) is 13.8 Å². The molecule has 0 saturated carbocycles. The van der Waals surface area contributed by atoms with Gasteiger partial charge in [-0.25, -0.2) is 9.78 Å². The first kappa shape index (κ1) is 24.6. The zero-order chi connectivity index (χ0) is 26.5. The van der Waals surface area contributed by atoms with Gasteiger partial charge in [0.15, 0.2) is 17.3 Å². The Hall–Kier alpha value is -5.04. The Kier molecular flexibility index (Phi) is 7.08. The van der Waals surface area contributed by atoms with Crippen molar-refractivity contribution in [3.05, 3.63) is 124 Å². The van der Waals surface area contributed by atoms with Gasteiger partial charge in [-0.2, -0.15) is 9.78 Å². The van der Waals surface area contributed by atoms with E-state index in [-0.39, 0.29) is 5.56 Å². The predicted molar refractivity (Wildman–Crippen MR) is 148 cm³/mol. The first-order valence-corrected chi connectivity index (χ1v) is 12.2. The molecule has 5 rings (SSSR count). The third-order valence-corrected chi connectivity index (χ3v) is 5.87. The van der Waals surface area contributed by atoms with Crippen molar-refractivity contribution in [3.8, 4) is 22.9 Å². The van der Waals surface area contributed by atoms with E-state index in [0.29, 0.717) is 46.0 Å². The minimum Gasteiger partial charge on any atom is -0.490 e. The van der Waals surface area contributed by atoms with Gasteiger partial charge < -0.3 is 9.47 Å². The van der Waals surface area contributed by atoms with Gasteiger partial charge in [-0.05, 0) is 61.9 Å². The molecule has 4 aromatic carbocycles. The summed E-state index contributed by atoms with van der Waals surface area (Å²) in [4.78, 5) is 30.7. The van der Waals surface area contributed by atoms with Gasteiger partial charge in [0, 0.05) is 5.56 Å². The minimum absolute atomic E-state index is 0.278. The maximum Gasteiger partial charge on any atom is 0.343 e. The molecule has 1 heterocycles. The number of hydrogen-bond donors (Lipinski definition) is 0. The molecule has 7 nitrogen and oxygen atoms in total. The fourth-order valence-corrected chi connectivity index (χ4v) is 3.94. The summed E-state index contributed by atoms with van der Waals surface area (Å²) in [6.07, 6.45) is 1.55. The van der Waals surface area contributed by atoms with Crippen LogP contribution in [0.25, 0.3) is 22.3 Å². The van der Waals surface area contributed by atoms with Crippen molar-refractivity contribution in [1.29, 1.82) is 0 Å². The van der Waals surface area contributed by atoms with Gasteiger partial charge in [0.25, 0.3) is 5.56 Å². The molecule has 0 aliphatic rings. The average molecular weight is 504 g/mol. The summed E-state index contributed by atoms with van der Waals surface area (Å²) >= 11 is 0. The monoisotopic (exact) mass is 503 g/mol. The number of carbonyl (C=O) groups is 1. The molecule has 0 amide bonds. The molecule has 5 aromatic rings. The van der Waals surface area contributed by atoms with Crippen LogP contribution < -0.4 is 15.0 Å². The van der Waals surface area contributed by atoms with Crippen molar-refractivity contribution in [1.82, 2.24) is 9.66 Å². The van der Waals surface area contributed by atoms with Gasteiger partial charge in [0.05, 0.1) is 29.3 Å². The highest BCUT2D eigenvalue weighted by Gasteiger charge is 2.14. The second-order valence-electron chi connectivity index (χ2n) is 8.57. The molecule has 0 saturated heterocycles. The largest absolute Gasteiger partial charge is 0.490 e. The minimum atomic E-state index is -0.478. The fraction of sp³-hybridized carbons (Fsp3) is 0.0968. The number of carbonyl (C=O) groups excluding carboxylic acids is 1. The summed E-state index contributed by atoms with van der Waals surface area (Å²) in [5, 5.41) is 4.97. The number of nitrogens with zero attached hydrogens (tertiary/aromatic N) is 3. The zero-order valence-corrected chi connectivity index (χ0v) is 21.0. The second-order valence-corrected chi connectivity index (χ2v) is 8.57. The Morgan fingerprint density at radius 2 is 1.66 bits per heavy atom. The van der Waals surface area contributed by atoms with E-state index < -0.39 is 5.97 Å². The van der Waals surface area contributed by atoms with E-state index in [0.717, 1.165) is 11.1 Å². The van der Waals surface area contributed by atoms with E-state index in [2.05, 4.69) is 5.10 Å². The Bertz CT molecular complexity index is 1690. The van der Waals surface area contributed by atoms with Crippen molar-refractivity contribution >= 4 is 23.1 Å². The van der Waals surface area contributed by atoms with Gasteiger partial charge in [0.2, 0.25) is 0 Å². The van der Waals surface area contributed by atoms with Crippen molar-refractivity contribution in [2.75, 3.05) is 6.61 Å². The third-order valence-electron chi connectivity index (χ3n) is 5.87. The van der Waals surface area contributed by atoms with Crippen LogP contribution in [0.4, 0.5) is 0 Å². The Balaban J connectivity index is 1.50. The number of ether oxygens (including phenoxy) is 2. The summed E-state index contributed by atoms with van der Waals surface area (Å²) < 4.78 is 12.6. The lowest BCUT2D eigenvalue weighted by atomic mass is 10.1. The lowest BCUT2D eigenvalue weighted by molar-refractivity contribution is 0.0728. The highest BCUT2D eigenvalue weighted by atomic mass is 16.6. The van der Waals surface area contributed by atoms with Crippen molar-refractivity contribution in [3.63, 3.8) is 0 Å². The van der Waals surface area contributed by atoms with Crippen LogP contribution in [0.1, 0.15) is 28.4 Å². The Labute approximate surface area is 219 Å². The molecule has 0 bridgehead atoms. The third kappa shape index (κ3) is 5.22. The molecule has 7 heteroatoms. The first-order chi connectivity index (χ1) is 18.5. The lowest BCUT2D eigenvalue weighted by Gasteiger charge is -2.12. The highest BCUT2D eigenvalue weighted by Crippen LogP contribution is 2.29. The number of rotatable bonds is 7. The lowest BCUT2D eigenvalue weighted by Crippen LogP contribution is -2.20. The smallest absolute Gasteiger partial charge is 0.343 e. The van der Waals surface area contributed by atoms with E-state index >= 15 is 0 Å². The predicted octanol–water partition coefficient (Wildman–Crippen LogP) is 5.87. The van der Waals surface area contributed by atoms with E-state index in [4.69, 9.17) is 14.5 Å². The molecule has 0 fully saturated rings. The molecule has 0 aliphatic heterocycles. The number of hydrogen-bond acceptors (Lipinski definition) is 6. The first-order valence-electron chi connectivity index (χ1n) is 12.2. The summed E-state index contributed by atoms with van der Waals surface area (Å²) in [6, 6.07) is 28.9. The number of esters is 1. The van der Waals surface area contributed by atoms with Gasteiger partial charge in [-0.15, -0.1) is 0 Å². The SMILES string of the molecule is CCOc1cc(C=Nn2c(-c3ccccc3)nc3ccccc3c2=O)ccc1OC(=O)c1ccc(C)cc1. The van der Waals surface area contributed by atoms with Crippen LogP contribution in [-0.4, -0.2) is 28.5 Å². The standard InChI is InChI=1S/C31H25N3O4/c1-3-37-28-19-22(15-18-27(28)38-31(36)24-16-13-21(2)14-17-24)20-32-34-29(23-9-5-4-6-10-23)33-26-12-8-7-11-25(26)30(34)35/h4-20H,3H2,1-2H3. The van der Waals surface area contributed by atoms with Gasteiger partial charge in [-0.1, -0.05) is 60.2 Å². The van der Waals surface area contributed by atoms with Crippen molar-refractivity contribution in [2.24, 2.45) is 5.10 Å². The number of para-hydroxylation sites is 1. The highest BCUT2D eigenvalue weighted by molar-refractivity contribution is 5.91. The van der Waals surface area contributed by atoms with Crippen LogP contribution >= 0.6 is 0 Å². The van der Waals surface area contributed by atoms with Crippen LogP contribution in [0.5, 0.6) is 11.5 Å². The van der Waals surface area contributed by atoms with Gasteiger partial charge in [0.1, 0.15) is 0 Å². The summed E-state index contributed by atoms with van der Waals surface area (Å²) in [5.74, 6) is 0.640. The normalized spacial score (nSPS) is 11.1. The van der Waals surface area contributed by atoms with Crippen LogP contribution in [0.3, 0.4) is 0 Å². The fourth-order valence-electron chi connectivity index (χ4n) is 3.94. The molecule has 1 aromatic heterocycles. The van der Waals surface area contributed by atoms with Gasteiger partial charge >= 0.3 is 5.97 Å². The van der Waals surface area contributed by atoms with Crippen molar-refractivity contribution < 1.29 is 14.3 Å². The maximum absolute atomic E-state index is 13.4. The quantitative estimate of drug-likeness (QED) is 0.158.